The van der Waals surface area contributed by atoms with Gasteiger partial charge in [0.25, 0.3) is 5.56 Å². The normalized spacial score (nSPS) is 18.3. The molecule has 0 unspecified atom stereocenters. The van der Waals surface area contributed by atoms with Crippen molar-refractivity contribution in [1.82, 2.24) is 19.8 Å². The monoisotopic (exact) mass is 468 g/mol. The first-order valence-corrected chi connectivity index (χ1v) is 12.7. The molecule has 1 aliphatic heterocycles. The zero-order valence-electron chi connectivity index (χ0n) is 18.7. The van der Waals surface area contributed by atoms with Crippen molar-refractivity contribution in [2.24, 2.45) is 0 Å². The van der Waals surface area contributed by atoms with Crippen LogP contribution in [0.3, 0.4) is 0 Å². The summed E-state index contributed by atoms with van der Waals surface area (Å²) in [5.41, 5.74) is 1.74. The van der Waals surface area contributed by atoms with E-state index in [2.05, 4.69) is 10.3 Å². The van der Waals surface area contributed by atoms with E-state index in [1.807, 2.05) is 11.0 Å². The highest BCUT2D eigenvalue weighted by molar-refractivity contribution is 7.18. The maximum atomic E-state index is 13.9. The van der Waals surface area contributed by atoms with E-state index in [0.717, 1.165) is 67.5 Å². The van der Waals surface area contributed by atoms with Gasteiger partial charge in [0.15, 0.2) is 0 Å². The van der Waals surface area contributed by atoms with E-state index in [-0.39, 0.29) is 17.3 Å². The van der Waals surface area contributed by atoms with E-state index in [9.17, 15) is 14.0 Å². The van der Waals surface area contributed by atoms with Gasteiger partial charge in [-0.2, -0.15) is 0 Å². The number of amides is 1. The number of aryl methyl sites for hydroxylation is 3. The van der Waals surface area contributed by atoms with Crippen molar-refractivity contribution in [3.05, 3.63) is 62.8 Å². The van der Waals surface area contributed by atoms with Gasteiger partial charge in [-0.3, -0.25) is 14.2 Å². The molecule has 0 bridgehead atoms. The summed E-state index contributed by atoms with van der Waals surface area (Å²) in [5, 5.41) is 4.39. The van der Waals surface area contributed by atoms with Crippen molar-refractivity contribution < 1.29 is 9.18 Å². The zero-order valence-corrected chi connectivity index (χ0v) is 19.5. The van der Waals surface area contributed by atoms with Crippen LogP contribution >= 0.6 is 11.3 Å². The Hall–Kier alpha value is -2.58. The number of likely N-dealkylation sites (tertiary alicyclic amines) is 1. The van der Waals surface area contributed by atoms with Crippen LogP contribution in [-0.2, 0) is 30.6 Å². The van der Waals surface area contributed by atoms with E-state index in [1.54, 1.807) is 34.4 Å². The molecular formula is C25H29FN4O2S. The topological polar surface area (TPSA) is 67.2 Å². The first kappa shape index (κ1) is 22.2. The van der Waals surface area contributed by atoms with Crippen molar-refractivity contribution in [1.29, 1.82) is 0 Å². The predicted octanol–water partition coefficient (Wildman–Crippen LogP) is 3.30. The van der Waals surface area contributed by atoms with Crippen LogP contribution in [0.4, 0.5) is 4.39 Å². The summed E-state index contributed by atoms with van der Waals surface area (Å²) >= 11 is 1.63. The van der Waals surface area contributed by atoms with Gasteiger partial charge in [-0.05, 0) is 62.3 Å². The molecule has 5 rings (SSSR count). The highest BCUT2D eigenvalue weighted by atomic mass is 32.1. The lowest BCUT2D eigenvalue weighted by atomic mass is 9.93. The minimum Gasteiger partial charge on any atom is -0.343 e. The van der Waals surface area contributed by atoms with Crippen LogP contribution in [0.5, 0.6) is 0 Å². The Balaban J connectivity index is 1.22. The molecule has 0 spiro atoms. The fourth-order valence-corrected chi connectivity index (χ4v) is 6.25. The van der Waals surface area contributed by atoms with Gasteiger partial charge in [0.05, 0.1) is 11.7 Å². The molecule has 0 radical (unpaired) electrons. The summed E-state index contributed by atoms with van der Waals surface area (Å²) in [4.78, 5) is 33.5. The van der Waals surface area contributed by atoms with E-state index < -0.39 is 0 Å². The molecule has 2 aromatic heterocycles. The second kappa shape index (κ2) is 9.73. The Morgan fingerprint density at radius 2 is 2.06 bits per heavy atom. The Morgan fingerprint density at radius 3 is 2.88 bits per heavy atom. The van der Waals surface area contributed by atoms with Gasteiger partial charge in [-0.25, -0.2) is 9.37 Å². The minimum absolute atomic E-state index is 0.0180. The van der Waals surface area contributed by atoms with Crippen LogP contribution in [-0.4, -0.2) is 46.0 Å². The molecule has 1 amide bonds. The van der Waals surface area contributed by atoms with E-state index >= 15 is 0 Å². The first-order valence-electron chi connectivity index (χ1n) is 11.8. The van der Waals surface area contributed by atoms with Crippen LogP contribution in [0.15, 0.2) is 35.4 Å². The summed E-state index contributed by atoms with van der Waals surface area (Å²) in [6.07, 6.45) is 7.48. The van der Waals surface area contributed by atoms with Gasteiger partial charge in [0.1, 0.15) is 10.6 Å². The predicted molar refractivity (Wildman–Crippen MR) is 128 cm³/mol. The van der Waals surface area contributed by atoms with Crippen LogP contribution < -0.4 is 10.9 Å². The Labute approximate surface area is 196 Å². The Kier molecular flexibility index (Phi) is 6.55. The summed E-state index contributed by atoms with van der Waals surface area (Å²) in [6, 6.07) is 7.09. The van der Waals surface area contributed by atoms with Crippen LogP contribution in [0.2, 0.25) is 0 Å². The molecule has 6 nitrogen and oxygen atoms in total. The molecular weight excluding hydrogens is 439 g/mol. The van der Waals surface area contributed by atoms with Gasteiger partial charge in [0.2, 0.25) is 5.91 Å². The van der Waals surface area contributed by atoms with Gasteiger partial charge in [-0.1, -0.05) is 18.2 Å². The number of thiophene rings is 1. The highest BCUT2D eigenvalue weighted by Crippen LogP contribution is 2.33. The number of carbonyl (C=O) groups is 1. The number of aromatic nitrogens is 2. The largest absolute Gasteiger partial charge is 0.343 e. The third-order valence-corrected chi connectivity index (χ3v) is 7.99. The van der Waals surface area contributed by atoms with Crippen molar-refractivity contribution in [3.8, 4) is 0 Å². The molecule has 8 heteroatoms. The van der Waals surface area contributed by atoms with E-state index in [0.29, 0.717) is 31.0 Å². The summed E-state index contributed by atoms with van der Waals surface area (Å²) in [5.74, 6) is 0.0488. The molecule has 1 aromatic carbocycles. The van der Waals surface area contributed by atoms with Gasteiger partial charge < -0.3 is 10.2 Å². The zero-order chi connectivity index (χ0) is 22.8. The standard InChI is InChI=1S/C25H29FN4O2S/c26-20-6-2-1-5-17(20)10-14-30-16-28-24-23(25(30)32)19-9-8-18(15-21(19)33-24)27-11-4-13-29-12-3-7-22(29)31/h1-2,5-6,16,18,27H,3-4,7-15H2/t18-/m0/s1. The van der Waals surface area contributed by atoms with Crippen LogP contribution in [0.25, 0.3) is 10.2 Å². The second-order valence-corrected chi connectivity index (χ2v) is 10.1. The van der Waals surface area contributed by atoms with Crippen molar-refractivity contribution in [2.45, 2.75) is 57.5 Å². The van der Waals surface area contributed by atoms with Crippen LogP contribution in [0.1, 0.15) is 41.7 Å². The van der Waals surface area contributed by atoms with Crippen molar-refractivity contribution in [2.75, 3.05) is 19.6 Å². The molecule has 1 atom stereocenters. The van der Waals surface area contributed by atoms with E-state index in [4.69, 9.17) is 0 Å². The SMILES string of the molecule is O=C1CCCN1CCCN[C@H]1CCc2c(sc3ncn(CCc4ccccc4F)c(=O)c23)C1. The highest BCUT2D eigenvalue weighted by Gasteiger charge is 2.25. The lowest BCUT2D eigenvalue weighted by molar-refractivity contribution is -0.127. The molecule has 1 aliphatic carbocycles. The number of nitrogens with zero attached hydrogens (tertiary/aromatic N) is 3. The number of fused-ring (bicyclic) bond motifs is 3. The Bertz CT molecular complexity index is 1220. The molecule has 1 N–H and O–H groups in total. The number of carbonyl (C=O) groups excluding carboxylic acids is 1. The lowest BCUT2D eigenvalue weighted by Gasteiger charge is -2.24. The lowest BCUT2D eigenvalue weighted by Crippen LogP contribution is -2.36. The molecule has 3 heterocycles. The van der Waals surface area contributed by atoms with Gasteiger partial charge in [-0.15, -0.1) is 11.3 Å². The van der Waals surface area contributed by atoms with Crippen LogP contribution in [0, 0.1) is 5.82 Å². The average molecular weight is 469 g/mol. The maximum absolute atomic E-state index is 13.9. The molecule has 3 aromatic rings. The van der Waals surface area contributed by atoms with Crippen molar-refractivity contribution >= 4 is 27.5 Å². The fraction of sp³-hybridized carbons (Fsp3) is 0.480. The summed E-state index contributed by atoms with van der Waals surface area (Å²) in [6.45, 7) is 3.05. The number of hydrogen-bond acceptors (Lipinski definition) is 5. The molecule has 1 saturated heterocycles. The van der Waals surface area contributed by atoms with E-state index in [1.165, 1.54) is 10.9 Å². The summed E-state index contributed by atoms with van der Waals surface area (Å²) in [7, 11) is 0. The minimum atomic E-state index is -0.238. The molecule has 2 aliphatic rings. The number of benzene rings is 1. The van der Waals surface area contributed by atoms with Gasteiger partial charge in [0, 0.05) is 37.0 Å². The molecule has 0 saturated carbocycles. The smallest absolute Gasteiger partial charge is 0.262 e. The number of hydrogen-bond donors (Lipinski definition) is 1. The fourth-order valence-electron chi connectivity index (χ4n) is 4.99. The molecule has 174 valence electrons. The van der Waals surface area contributed by atoms with Crippen molar-refractivity contribution in [3.63, 3.8) is 0 Å². The van der Waals surface area contributed by atoms with Gasteiger partial charge >= 0.3 is 0 Å². The average Bonchev–Trinajstić information content (AvgIpc) is 3.40. The maximum Gasteiger partial charge on any atom is 0.262 e. The number of halogens is 1. The summed E-state index contributed by atoms with van der Waals surface area (Å²) < 4.78 is 15.6. The first-order chi connectivity index (χ1) is 16.1. The molecule has 33 heavy (non-hydrogen) atoms. The Morgan fingerprint density at radius 1 is 1.18 bits per heavy atom. The number of nitrogens with one attached hydrogen (secondary N) is 1. The molecule has 1 fully saturated rings. The third kappa shape index (κ3) is 4.73. The number of rotatable bonds is 8. The third-order valence-electron chi connectivity index (χ3n) is 6.82. The quantitative estimate of drug-likeness (QED) is 0.515. The second-order valence-electron chi connectivity index (χ2n) is 9.00.